The first-order valence-electron chi connectivity index (χ1n) is 7.24. The summed E-state index contributed by atoms with van der Waals surface area (Å²) in [6.07, 6.45) is 2.15. The lowest BCUT2D eigenvalue weighted by Crippen LogP contribution is -2.45. The van der Waals surface area contributed by atoms with Crippen LogP contribution in [0.4, 0.5) is 0 Å². The maximum Gasteiger partial charge on any atom is 0.253 e. The Labute approximate surface area is 120 Å². The number of nitrogens with zero attached hydrogens (tertiary/aromatic N) is 1. The fraction of sp³-hybridized carbons (Fsp3) is 0.562. The van der Waals surface area contributed by atoms with E-state index in [-0.39, 0.29) is 11.9 Å². The van der Waals surface area contributed by atoms with Gasteiger partial charge in [0, 0.05) is 31.8 Å². The maximum atomic E-state index is 12.6. The Hall–Kier alpha value is -1.39. The zero-order valence-electron chi connectivity index (χ0n) is 12.3. The summed E-state index contributed by atoms with van der Waals surface area (Å²) in [4.78, 5) is 14.5. The van der Waals surface area contributed by atoms with Gasteiger partial charge in [-0.1, -0.05) is 12.1 Å². The van der Waals surface area contributed by atoms with E-state index in [2.05, 4.69) is 0 Å². The summed E-state index contributed by atoms with van der Waals surface area (Å²) in [6, 6.07) is 7.82. The van der Waals surface area contributed by atoms with Gasteiger partial charge in [-0.05, 0) is 43.4 Å². The fourth-order valence-electron chi connectivity index (χ4n) is 2.77. The molecule has 0 bridgehead atoms. The van der Waals surface area contributed by atoms with Gasteiger partial charge in [0.15, 0.2) is 0 Å². The molecule has 2 rings (SSSR count). The molecule has 0 spiro atoms. The van der Waals surface area contributed by atoms with Gasteiger partial charge >= 0.3 is 0 Å². The summed E-state index contributed by atoms with van der Waals surface area (Å²) in [5.41, 5.74) is 7.74. The van der Waals surface area contributed by atoms with Crippen LogP contribution in [-0.4, -0.2) is 37.0 Å². The maximum absolute atomic E-state index is 12.6. The lowest BCUT2D eigenvalue weighted by molar-refractivity contribution is 0.0660. The molecule has 1 heterocycles. The van der Waals surface area contributed by atoms with E-state index in [4.69, 9.17) is 10.5 Å². The van der Waals surface area contributed by atoms with Crippen molar-refractivity contribution in [2.24, 2.45) is 11.7 Å². The summed E-state index contributed by atoms with van der Waals surface area (Å²) in [6.45, 7) is 4.16. The van der Waals surface area contributed by atoms with E-state index >= 15 is 0 Å². The molecule has 2 N–H and O–H groups in total. The number of methoxy groups -OCH3 is 1. The number of rotatable bonds is 4. The molecule has 2 atom stereocenters. The number of carbonyl (C=O) groups excluding carboxylic acids is 1. The minimum absolute atomic E-state index is 0.105. The summed E-state index contributed by atoms with van der Waals surface area (Å²) < 4.78 is 5.12. The third kappa shape index (κ3) is 3.58. The summed E-state index contributed by atoms with van der Waals surface area (Å²) in [5.74, 6) is 0.517. The third-order valence-electron chi connectivity index (χ3n) is 3.97. The average Bonchev–Trinajstić information content (AvgIpc) is 2.47. The molecule has 1 aromatic rings. The highest BCUT2D eigenvalue weighted by molar-refractivity contribution is 5.94. The molecule has 1 amide bonds. The van der Waals surface area contributed by atoms with Gasteiger partial charge in [0.1, 0.15) is 0 Å². The Kier molecular flexibility index (Phi) is 5.15. The van der Waals surface area contributed by atoms with Gasteiger partial charge in [-0.3, -0.25) is 4.79 Å². The van der Waals surface area contributed by atoms with Crippen LogP contribution < -0.4 is 5.73 Å². The zero-order chi connectivity index (χ0) is 14.5. The quantitative estimate of drug-likeness (QED) is 0.915. The first kappa shape index (κ1) is 15.0. The van der Waals surface area contributed by atoms with Crippen LogP contribution in [0.2, 0.25) is 0 Å². The number of amides is 1. The molecule has 1 aliphatic heterocycles. The van der Waals surface area contributed by atoms with Crippen molar-refractivity contribution in [1.82, 2.24) is 4.90 Å². The van der Waals surface area contributed by atoms with E-state index in [1.807, 2.05) is 36.1 Å². The van der Waals surface area contributed by atoms with E-state index in [1.165, 1.54) is 0 Å². The molecule has 1 aliphatic rings. The molecule has 0 saturated carbocycles. The molecule has 0 aromatic heterocycles. The van der Waals surface area contributed by atoms with E-state index in [0.717, 1.165) is 37.1 Å². The molecular weight excluding hydrogens is 252 g/mol. The number of likely N-dealkylation sites (tertiary alicyclic amines) is 1. The van der Waals surface area contributed by atoms with Gasteiger partial charge in [0.05, 0.1) is 6.61 Å². The van der Waals surface area contributed by atoms with Gasteiger partial charge in [-0.25, -0.2) is 0 Å². The first-order chi connectivity index (χ1) is 9.61. The molecule has 0 aliphatic carbocycles. The second-order valence-corrected chi connectivity index (χ2v) is 5.65. The molecule has 1 fully saturated rings. The molecule has 0 unspecified atom stereocenters. The number of carbonyl (C=O) groups is 1. The van der Waals surface area contributed by atoms with Gasteiger partial charge in [-0.15, -0.1) is 0 Å². The number of benzene rings is 1. The summed E-state index contributed by atoms with van der Waals surface area (Å²) in [5, 5.41) is 0. The molecule has 20 heavy (non-hydrogen) atoms. The van der Waals surface area contributed by atoms with Crippen molar-refractivity contribution in [2.75, 3.05) is 20.2 Å². The van der Waals surface area contributed by atoms with Crippen LogP contribution in [0.5, 0.6) is 0 Å². The van der Waals surface area contributed by atoms with E-state index < -0.39 is 0 Å². The Bertz CT molecular complexity index is 460. The topological polar surface area (TPSA) is 55.6 Å². The van der Waals surface area contributed by atoms with Gasteiger partial charge < -0.3 is 15.4 Å². The normalized spacial score (nSPS) is 20.8. The van der Waals surface area contributed by atoms with E-state index in [0.29, 0.717) is 12.5 Å². The molecule has 0 radical (unpaired) electrons. The van der Waals surface area contributed by atoms with Crippen molar-refractivity contribution in [1.29, 1.82) is 0 Å². The van der Waals surface area contributed by atoms with Crippen LogP contribution in [0.1, 0.15) is 35.7 Å². The third-order valence-corrected chi connectivity index (χ3v) is 3.97. The molecule has 110 valence electrons. The van der Waals surface area contributed by atoms with Gasteiger partial charge in [-0.2, -0.15) is 0 Å². The van der Waals surface area contributed by atoms with Crippen LogP contribution in [0, 0.1) is 5.92 Å². The van der Waals surface area contributed by atoms with Crippen LogP contribution in [0.15, 0.2) is 24.3 Å². The van der Waals surface area contributed by atoms with E-state index in [1.54, 1.807) is 7.11 Å². The largest absolute Gasteiger partial charge is 0.380 e. The Morgan fingerprint density at radius 2 is 2.35 bits per heavy atom. The molecule has 1 aromatic carbocycles. The first-order valence-corrected chi connectivity index (χ1v) is 7.24. The van der Waals surface area contributed by atoms with Gasteiger partial charge in [0.25, 0.3) is 5.91 Å². The average molecular weight is 276 g/mol. The standard InChI is InChI=1S/C16H24N2O2/c1-12(17)15-7-4-8-18(10-15)16(19)14-6-3-5-13(9-14)11-20-2/h3,5-6,9,12,15H,4,7-8,10-11,17H2,1-2H3/t12-,15+/m1/s1. The molecular formula is C16H24N2O2. The zero-order valence-corrected chi connectivity index (χ0v) is 12.3. The highest BCUT2D eigenvalue weighted by atomic mass is 16.5. The van der Waals surface area contributed by atoms with Crippen LogP contribution >= 0.6 is 0 Å². The lowest BCUT2D eigenvalue weighted by Gasteiger charge is -2.34. The Balaban J connectivity index is 2.08. The molecule has 1 saturated heterocycles. The van der Waals surface area contributed by atoms with Crippen molar-refractivity contribution in [3.8, 4) is 0 Å². The number of nitrogens with two attached hydrogens (primary N) is 1. The van der Waals surface area contributed by atoms with Gasteiger partial charge in [0.2, 0.25) is 0 Å². The van der Waals surface area contributed by atoms with Crippen LogP contribution in [0.25, 0.3) is 0 Å². The van der Waals surface area contributed by atoms with Crippen molar-refractivity contribution >= 4 is 5.91 Å². The fourth-order valence-corrected chi connectivity index (χ4v) is 2.77. The van der Waals surface area contributed by atoms with E-state index in [9.17, 15) is 4.79 Å². The number of ether oxygens (including phenoxy) is 1. The Morgan fingerprint density at radius 1 is 1.55 bits per heavy atom. The smallest absolute Gasteiger partial charge is 0.253 e. The number of hydrogen-bond donors (Lipinski definition) is 1. The lowest BCUT2D eigenvalue weighted by atomic mass is 9.92. The SMILES string of the molecule is COCc1cccc(C(=O)N2CCC[C@H]([C@@H](C)N)C2)c1. The van der Waals surface area contributed by atoms with Crippen LogP contribution in [0.3, 0.4) is 0 Å². The highest BCUT2D eigenvalue weighted by Crippen LogP contribution is 2.21. The predicted molar refractivity (Wildman–Crippen MR) is 79.4 cm³/mol. The van der Waals surface area contributed by atoms with Crippen LogP contribution in [-0.2, 0) is 11.3 Å². The predicted octanol–water partition coefficient (Wildman–Crippen LogP) is 2.03. The monoisotopic (exact) mass is 276 g/mol. The summed E-state index contributed by atoms with van der Waals surface area (Å²) >= 11 is 0. The minimum Gasteiger partial charge on any atom is -0.380 e. The minimum atomic E-state index is 0.105. The molecule has 4 heteroatoms. The molecule has 4 nitrogen and oxygen atoms in total. The number of piperidine rings is 1. The number of hydrogen-bond acceptors (Lipinski definition) is 3. The highest BCUT2D eigenvalue weighted by Gasteiger charge is 2.26. The van der Waals surface area contributed by atoms with Crippen molar-refractivity contribution in [3.05, 3.63) is 35.4 Å². The second-order valence-electron chi connectivity index (χ2n) is 5.65. The van der Waals surface area contributed by atoms with Crippen molar-refractivity contribution in [2.45, 2.75) is 32.4 Å². The summed E-state index contributed by atoms with van der Waals surface area (Å²) in [7, 11) is 1.66. The second kappa shape index (κ2) is 6.86. The van der Waals surface area contributed by atoms with Crippen molar-refractivity contribution in [3.63, 3.8) is 0 Å². The Morgan fingerprint density at radius 3 is 3.05 bits per heavy atom. The van der Waals surface area contributed by atoms with Crippen molar-refractivity contribution < 1.29 is 9.53 Å².